The van der Waals surface area contributed by atoms with Crippen molar-refractivity contribution in [1.82, 2.24) is 24.1 Å². The molecule has 3 heterocycles. The number of benzene rings is 1. The van der Waals surface area contributed by atoms with Crippen LogP contribution >= 0.6 is 35.0 Å². The number of aromatic nitrogens is 5. The van der Waals surface area contributed by atoms with Crippen molar-refractivity contribution in [2.24, 2.45) is 0 Å². The van der Waals surface area contributed by atoms with E-state index in [1.165, 1.54) is 0 Å². The number of fused-ring (bicyclic) bond motifs is 1. The van der Waals surface area contributed by atoms with E-state index in [4.69, 9.17) is 27.9 Å². The van der Waals surface area contributed by atoms with Crippen molar-refractivity contribution < 1.29 is 4.74 Å². The minimum atomic E-state index is -0.360. The van der Waals surface area contributed by atoms with Gasteiger partial charge < -0.3 is 9.14 Å². The molecule has 4 rings (SSSR count). The van der Waals surface area contributed by atoms with Crippen LogP contribution in [-0.2, 0) is 12.3 Å². The van der Waals surface area contributed by atoms with Gasteiger partial charge in [-0.2, -0.15) is 0 Å². The minimum Gasteiger partial charge on any atom is -0.481 e. The van der Waals surface area contributed by atoms with Gasteiger partial charge in [-0.1, -0.05) is 47.1 Å². The van der Waals surface area contributed by atoms with Crippen LogP contribution in [0.1, 0.15) is 24.5 Å². The van der Waals surface area contributed by atoms with Gasteiger partial charge in [0.05, 0.1) is 10.7 Å². The summed E-state index contributed by atoms with van der Waals surface area (Å²) in [6.07, 6.45) is 5.45. The molecule has 30 heavy (non-hydrogen) atoms. The summed E-state index contributed by atoms with van der Waals surface area (Å²) < 4.78 is 10.0. The Labute approximate surface area is 188 Å². The molecule has 0 radical (unpaired) electrons. The highest BCUT2D eigenvalue weighted by atomic mass is 35.5. The maximum absolute atomic E-state index is 6.24. The number of halogens is 2. The third kappa shape index (κ3) is 4.48. The number of imidazole rings is 1. The number of ether oxygens (including phenoxy) is 1. The topological polar surface area (TPSA) is 57.2 Å². The Morgan fingerprint density at radius 1 is 1.23 bits per heavy atom. The second-order valence-electron chi connectivity index (χ2n) is 6.56. The summed E-state index contributed by atoms with van der Waals surface area (Å²) in [5.41, 5.74) is 1.89. The number of nitrogens with zero attached hydrogens (tertiary/aromatic N) is 5. The van der Waals surface area contributed by atoms with Crippen molar-refractivity contribution in [1.29, 1.82) is 0 Å². The molecule has 3 aromatic heterocycles. The number of thioether (sulfide) groups is 1. The van der Waals surface area contributed by atoms with Gasteiger partial charge in [0.15, 0.2) is 17.1 Å². The fourth-order valence-electron chi connectivity index (χ4n) is 3.02. The summed E-state index contributed by atoms with van der Waals surface area (Å²) in [4.78, 5) is 4.63. The third-order valence-corrected chi connectivity index (χ3v) is 5.91. The van der Waals surface area contributed by atoms with Crippen LogP contribution in [0.2, 0.25) is 10.0 Å². The summed E-state index contributed by atoms with van der Waals surface area (Å²) in [7, 11) is 0. The molecule has 0 N–H and O–H groups in total. The summed E-state index contributed by atoms with van der Waals surface area (Å²) in [5.74, 6) is 1.91. The van der Waals surface area contributed by atoms with Gasteiger partial charge in [-0.05, 0) is 37.3 Å². The number of allylic oxidation sites excluding steroid dienone is 1. The molecular weight excluding hydrogens is 441 g/mol. The van der Waals surface area contributed by atoms with Crippen molar-refractivity contribution >= 4 is 40.6 Å². The van der Waals surface area contributed by atoms with Crippen LogP contribution < -0.4 is 4.74 Å². The fourth-order valence-corrected chi connectivity index (χ4v) is 4.31. The molecule has 9 heteroatoms. The van der Waals surface area contributed by atoms with E-state index in [1.807, 2.05) is 52.6 Å². The SMILES string of the molecule is C=CCn1c(SCc2cn3ccccc3n2)nnc1C(C)Oc1ccc(Cl)cc1Cl. The van der Waals surface area contributed by atoms with Crippen LogP contribution in [0.3, 0.4) is 0 Å². The standard InChI is InChI=1S/C21H19Cl2N5OS/c1-3-9-28-20(14(2)29-18-8-7-15(22)11-17(18)23)25-26-21(28)30-13-16-12-27-10-5-4-6-19(27)24-16/h3-8,10-12,14H,1,9,13H2,2H3. The summed E-state index contributed by atoms with van der Waals surface area (Å²) in [6, 6.07) is 11.1. The van der Waals surface area contributed by atoms with E-state index < -0.39 is 0 Å². The van der Waals surface area contributed by atoms with Crippen LogP contribution in [0.25, 0.3) is 5.65 Å². The smallest absolute Gasteiger partial charge is 0.192 e. The first kappa shape index (κ1) is 20.8. The second kappa shape index (κ2) is 9.12. The van der Waals surface area contributed by atoms with Crippen LogP contribution in [0.4, 0.5) is 0 Å². The molecule has 0 aliphatic rings. The van der Waals surface area contributed by atoms with E-state index in [1.54, 1.807) is 30.0 Å². The van der Waals surface area contributed by atoms with Gasteiger partial charge in [0, 0.05) is 29.7 Å². The van der Waals surface area contributed by atoms with E-state index in [0.717, 1.165) is 16.5 Å². The van der Waals surface area contributed by atoms with E-state index in [2.05, 4.69) is 21.8 Å². The van der Waals surface area contributed by atoms with Crippen molar-refractivity contribution in [2.45, 2.75) is 30.5 Å². The van der Waals surface area contributed by atoms with Crippen molar-refractivity contribution in [3.63, 3.8) is 0 Å². The predicted octanol–water partition coefficient (Wildman–Crippen LogP) is 5.85. The highest BCUT2D eigenvalue weighted by Crippen LogP contribution is 2.32. The summed E-state index contributed by atoms with van der Waals surface area (Å²) >= 11 is 13.8. The molecule has 1 aromatic carbocycles. The quantitative estimate of drug-likeness (QED) is 0.244. The Morgan fingerprint density at radius 2 is 2.10 bits per heavy atom. The van der Waals surface area contributed by atoms with E-state index >= 15 is 0 Å². The largest absolute Gasteiger partial charge is 0.481 e. The van der Waals surface area contributed by atoms with E-state index in [9.17, 15) is 0 Å². The highest BCUT2D eigenvalue weighted by Gasteiger charge is 2.20. The maximum atomic E-state index is 6.24. The Bertz CT molecular complexity index is 1160. The molecular formula is C21H19Cl2N5OS. The number of rotatable bonds is 8. The fraction of sp³-hybridized carbons (Fsp3) is 0.190. The first-order valence-corrected chi connectivity index (χ1v) is 11.0. The zero-order valence-corrected chi connectivity index (χ0v) is 18.5. The average molecular weight is 460 g/mol. The molecule has 0 saturated carbocycles. The Morgan fingerprint density at radius 3 is 2.87 bits per heavy atom. The molecule has 1 unspecified atom stereocenters. The predicted molar refractivity (Wildman–Crippen MR) is 120 cm³/mol. The van der Waals surface area contributed by atoms with Gasteiger partial charge in [0.2, 0.25) is 0 Å². The van der Waals surface area contributed by atoms with Gasteiger partial charge in [-0.25, -0.2) is 4.98 Å². The molecule has 0 spiro atoms. The van der Waals surface area contributed by atoms with Crippen molar-refractivity contribution in [3.8, 4) is 5.75 Å². The summed E-state index contributed by atoms with van der Waals surface area (Å²) in [5, 5.41) is 10.5. The Kier molecular flexibility index (Phi) is 6.32. The van der Waals surface area contributed by atoms with Gasteiger partial charge in [-0.15, -0.1) is 16.8 Å². The van der Waals surface area contributed by atoms with Gasteiger partial charge in [0.25, 0.3) is 0 Å². The molecule has 6 nitrogen and oxygen atoms in total. The molecule has 0 amide bonds. The molecule has 154 valence electrons. The molecule has 0 fully saturated rings. The monoisotopic (exact) mass is 459 g/mol. The van der Waals surface area contributed by atoms with Gasteiger partial charge in [0.1, 0.15) is 11.4 Å². The lowest BCUT2D eigenvalue weighted by Gasteiger charge is -2.16. The van der Waals surface area contributed by atoms with Crippen LogP contribution in [0, 0.1) is 0 Å². The lowest BCUT2D eigenvalue weighted by Crippen LogP contribution is -2.12. The first-order chi connectivity index (χ1) is 14.5. The van der Waals surface area contributed by atoms with Crippen molar-refractivity contribution in [2.75, 3.05) is 0 Å². The Balaban J connectivity index is 1.52. The van der Waals surface area contributed by atoms with Crippen LogP contribution in [0.15, 0.2) is 66.6 Å². The normalized spacial score (nSPS) is 12.2. The Hall–Kier alpha value is -2.48. The van der Waals surface area contributed by atoms with E-state index in [-0.39, 0.29) is 6.10 Å². The zero-order valence-electron chi connectivity index (χ0n) is 16.2. The van der Waals surface area contributed by atoms with Crippen LogP contribution in [0.5, 0.6) is 5.75 Å². The van der Waals surface area contributed by atoms with Crippen LogP contribution in [-0.4, -0.2) is 24.1 Å². The average Bonchev–Trinajstić information content (AvgIpc) is 3.32. The highest BCUT2D eigenvalue weighted by molar-refractivity contribution is 7.98. The maximum Gasteiger partial charge on any atom is 0.192 e. The molecule has 0 aliphatic carbocycles. The summed E-state index contributed by atoms with van der Waals surface area (Å²) in [6.45, 7) is 6.33. The molecule has 4 aromatic rings. The van der Waals surface area contributed by atoms with E-state index in [0.29, 0.717) is 33.9 Å². The molecule has 0 bridgehead atoms. The lowest BCUT2D eigenvalue weighted by atomic mass is 10.3. The number of hydrogen-bond acceptors (Lipinski definition) is 5. The second-order valence-corrected chi connectivity index (χ2v) is 8.35. The van der Waals surface area contributed by atoms with Crippen molar-refractivity contribution in [3.05, 3.63) is 83.0 Å². The van der Waals surface area contributed by atoms with Gasteiger partial charge in [-0.3, -0.25) is 4.57 Å². The molecule has 0 saturated heterocycles. The molecule has 0 aliphatic heterocycles. The third-order valence-electron chi connectivity index (χ3n) is 4.38. The van der Waals surface area contributed by atoms with Gasteiger partial charge >= 0.3 is 0 Å². The first-order valence-electron chi connectivity index (χ1n) is 9.26. The minimum absolute atomic E-state index is 0.360. The zero-order chi connectivity index (χ0) is 21.1. The number of pyridine rings is 1. The molecule has 1 atom stereocenters. The number of hydrogen-bond donors (Lipinski definition) is 0. The lowest BCUT2D eigenvalue weighted by molar-refractivity contribution is 0.210.